The quantitative estimate of drug-likeness (QED) is 0.517. The first-order chi connectivity index (χ1) is 14.8. The lowest BCUT2D eigenvalue weighted by molar-refractivity contribution is -0.116. The third-order valence-corrected chi connectivity index (χ3v) is 7.25. The molecule has 0 aliphatic heterocycles. The molecule has 1 aromatic heterocycles. The predicted molar refractivity (Wildman–Crippen MR) is 119 cm³/mol. The first-order valence-corrected chi connectivity index (χ1v) is 12.0. The van der Waals surface area contributed by atoms with Crippen LogP contribution in [0.3, 0.4) is 0 Å². The molecule has 1 amide bonds. The van der Waals surface area contributed by atoms with Crippen molar-refractivity contribution in [2.75, 3.05) is 18.4 Å². The number of hydrogen-bond donors (Lipinski definition) is 1. The maximum Gasteiger partial charge on any atom is 0.243 e. The van der Waals surface area contributed by atoms with Gasteiger partial charge in [-0.1, -0.05) is 42.0 Å². The lowest BCUT2D eigenvalue weighted by Gasteiger charge is -2.21. The Hall–Kier alpha value is -2.69. The molecular weight excluding hydrogens is 439 g/mol. The van der Waals surface area contributed by atoms with Crippen LogP contribution in [0.25, 0.3) is 10.6 Å². The molecule has 0 spiro atoms. The standard InChI is InChI=1S/C21H23FN4O3S2/c1-3-12-26(31(28,29)18-9-7-17(22)8-10-18)13-11-19(27)23-21-25-24-20(30-21)16-6-4-5-15(2)14-16/h4-10,14H,3,11-13H2,1-2H3,(H,23,25,27). The molecule has 1 heterocycles. The molecule has 10 heteroatoms. The summed E-state index contributed by atoms with van der Waals surface area (Å²) in [5.74, 6) is -0.871. The molecule has 164 valence electrons. The van der Waals surface area contributed by atoms with Gasteiger partial charge in [-0.2, -0.15) is 4.31 Å². The number of sulfonamides is 1. The van der Waals surface area contributed by atoms with Gasteiger partial charge in [0.25, 0.3) is 0 Å². The van der Waals surface area contributed by atoms with E-state index in [1.165, 1.54) is 27.8 Å². The molecule has 0 fully saturated rings. The topological polar surface area (TPSA) is 92.3 Å². The van der Waals surface area contributed by atoms with E-state index in [9.17, 15) is 17.6 Å². The van der Waals surface area contributed by atoms with E-state index in [0.717, 1.165) is 23.3 Å². The Morgan fingerprint density at radius 3 is 2.55 bits per heavy atom. The summed E-state index contributed by atoms with van der Waals surface area (Å²) in [5, 5.41) is 11.8. The SMILES string of the molecule is CCCN(CCC(=O)Nc1nnc(-c2cccc(C)c2)s1)S(=O)(=O)c1ccc(F)cc1. The first-order valence-electron chi connectivity index (χ1n) is 9.75. The van der Waals surface area contributed by atoms with Crippen LogP contribution >= 0.6 is 11.3 Å². The van der Waals surface area contributed by atoms with E-state index in [4.69, 9.17) is 0 Å². The van der Waals surface area contributed by atoms with Crippen molar-refractivity contribution < 1.29 is 17.6 Å². The van der Waals surface area contributed by atoms with Gasteiger partial charge in [0.2, 0.25) is 21.1 Å². The van der Waals surface area contributed by atoms with Crippen LogP contribution in [0.5, 0.6) is 0 Å². The zero-order valence-corrected chi connectivity index (χ0v) is 18.8. The van der Waals surface area contributed by atoms with E-state index in [-0.39, 0.29) is 30.3 Å². The lowest BCUT2D eigenvalue weighted by Crippen LogP contribution is -2.34. The molecule has 31 heavy (non-hydrogen) atoms. The highest BCUT2D eigenvalue weighted by Gasteiger charge is 2.24. The molecule has 0 aliphatic carbocycles. The Bertz CT molecular complexity index is 1150. The molecule has 0 radical (unpaired) electrons. The number of anilines is 1. The van der Waals surface area contributed by atoms with Crippen molar-refractivity contribution in [2.45, 2.75) is 31.6 Å². The molecule has 3 aromatic rings. The van der Waals surface area contributed by atoms with Crippen LogP contribution in [0.4, 0.5) is 9.52 Å². The zero-order chi connectivity index (χ0) is 22.4. The molecular formula is C21H23FN4O3S2. The number of nitrogens with zero attached hydrogens (tertiary/aromatic N) is 3. The van der Waals surface area contributed by atoms with E-state index < -0.39 is 15.8 Å². The number of benzene rings is 2. The van der Waals surface area contributed by atoms with E-state index >= 15 is 0 Å². The summed E-state index contributed by atoms with van der Waals surface area (Å²) < 4.78 is 40.1. The van der Waals surface area contributed by atoms with Gasteiger partial charge in [0.1, 0.15) is 10.8 Å². The van der Waals surface area contributed by atoms with Gasteiger partial charge in [-0.25, -0.2) is 12.8 Å². The highest BCUT2D eigenvalue weighted by Crippen LogP contribution is 2.27. The van der Waals surface area contributed by atoms with Gasteiger partial charge in [0.05, 0.1) is 4.90 Å². The van der Waals surface area contributed by atoms with Gasteiger partial charge in [0, 0.05) is 25.1 Å². The van der Waals surface area contributed by atoms with Gasteiger partial charge >= 0.3 is 0 Å². The number of nitrogens with one attached hydrogen (secondary N) is 1. The van der Waals surface area contributed by atoms with Crippen LogP contribution in [0.2, 0.25) is 0 Å². The number of aromatic nitrogens is 2. The summed E-state index contributed by atoms with van der Waals surface area (Å²) in [6.07, 6.45) is 0.540. The van der Waals surface area contributed by atoms with Crippen molar-refractivity contribution in [3.63, 3.8) is 0 Å². The molecule has 0 unspecified atom stereocenters. The monoisotopic (exact) mass is 462 g/mol. The summed E-state index contributed by atoms with van der Waals surface area (Å²) in [5.41, 5.74) is 2.01. The molecule has 0 aliphatic rings. The van der Waals surface area contributed by atoms with Gasteiger partial charge in [-0.05, 0) is 43.7 Å². The molecule has 0 saturated heterocycles. The summed E-state index contributed by atoms with van der Waals surface area (Å²) >= 11 is 1.25. The normalized spacial score (nSPS) is 11.6. The number of amides is 1. The van der Waals surface area contributed by atoms with Gasteiger partial charge in [-0.3, -0.25) is 4.79 Å². The fourth-order valence-corrected chi connectivity index (χ4v) is 5.22. The van der Waals surface area contributed by atoms with Gasteiger partial charge in [0.15, 0.2) is 0 Å². The summed E-state index contributed by atoms with van der Waals surface area (Å²) in [6, 6.07) is 12.5. The fourth-order valence-electron chi connectivity index (χ4n) is 2.93. The minimum atomic E-state index is -3.82. The van der Waals surface area contributed by atoms with Crippen LogP contribution in [-0.4, -0.2) is 41.9 Å². The van der Waals surface area contributed by atoms with Crippen molar-refractivity contribution in [3.8, 4) is 10.6 Å². The van der Waals surface area contributed by atoms with Crippen molar-refractivity contribution in [1.82, 2.24) is 14.5 Å². The van der Waals surface area contributed by atoms with Crippen molar-refractivity contribution in [3.05, 3.63) is 59.9 Å². The molecule has 7 nitrogen and oxygen atoms in total. The highest BCUT2D eigenvalue weighted by molar-refractivity contribution is 7.89. The Kier molecular flexibility index (Phi) is 7.47. The van der Waals surface area contributed by atoms with E-state index in [1.807, 2.05) is 38.1 Å². The second-order valence-corrected chi connectivity index (χ2v) is 9.85. The Morgan fingerprint density at radius 1 is 1.13 bits per heavy atom. The molecule has 2 aromatic carbocycles. The van der Waals surface area contributed by atoms with E-state index in [1.54, 1.807) is 0 Å². The third-order valence-electron chi connectivity index (χ3n) is 4.45. The first kappa shape index (κ1) is 23.0. The number of carbonyl (C=O) groups is 1. The molecule has 0 bridgehead atoms. The third kappa shape index (κ3) is 5.93. The van der Waals surface area contributed by atoms with Crippen LogP contribution in [0, 0.1) is 12.7 Å². The smallest absolute Gasteiger partial charge is 0.243 e. The van der Waals surface area contributed by atoms with Crippen LogP contribution in [0.1, 0.15) is 25.3 Å². The molecule has 0 atom stereocenters. The second kappa shape index (κ2) is 10.1. The Morgan fingerprint density at radius 2 is 1.87 bits per heavy atom. The van der Waals surface area contributed by atoms with Crippen molar-refractivity contribution in [2.24, 2.45) is 0 Å². The molecule has 0 saturated carbocycles. The average molecular weight is 463 g/mol. The van der Waals surface area contributed by atoms with Crippen LogP contribution in [-0.2, 0) is 14.8 Å². The van der Waals surface area contributed by atoms with Crippen molar-refractivity contribution >= 4 is 32.4 Å². The second-order valence-electron chi connectivity index (χ2n) is 6.94. The van der Waals surface area contributed by atoms with Crippen LogP contribution < -0.4 is 5.32 Å². The van der Waals surface area contributed by atoms with E-state index in [0.29, 0.717) is 16.6 Å². The number of aryl methyl sites for hydroxylation is 1. The molecule has 1 N–H and O–H groups in total. The number of carbonyl (C=O) groups excluding carboxylic acids is 1. The number of rotatable bonds is 9. The lowest BCUT2D eigenvalue weighted by atomic mass is 10.1. The summed E-state index contributed by atoms with van der Waals surface area (Å²) in [6.45, 7) is 4.09. The Labute approximate surface area is 185 Å². The number of halogens is 1. The maximum absolute atomic E-state index is 13.1. The van der Waals surface area contributed by atoms with Crippen LogP contribution in [0.15, 0.2) is 53.4 Å². The average Bonchev–Trinajstić information content (AvgIpc) is 3.19. The fraction of sp³-hybridized carbons (Fsp3) is 0.286. The minimum Gasteiger partial charge on any atom is -0.300 e. The summed E-state index contributed by atoms with van der Waals surface area (Å²) in [7, 11) is -3.82. The van der Waals surface area contributed by atoms with Gasteiger partial charge < -0.3 is 5.32 Å². The van der Waals surface area contributed by atoms with Crippen molar-refractivity contribution in [1.29, 1.82) is 0 Å². The summed E-state index contributed by atoms with van der Waals surface area (Å²) in [4.78, 5) is 12.4. The van der Waals surface area contributed by atoms with E-state index in [2.05, 4.69) is 15.5 Å². The maximum atomic E-state index is 13.1. The largest absolute Gasteiger partial charge is 0.300 e. The minimum absolute atomic E-state index is 0.00290. The van der Waals surface area contributed by atoms with Gasteiger partial charge in [-0.15, -0.1) is 10.2 Å². The number of hydrogen-bond acceptors (Lipinski definition) is 6. The Balaban J connectivity index is 1.63. The predicted octanol–water partition coefficient (Wildman–Crippen LogP) is 4.08. The zero-order valence-electron chi connectivity index (χ0n) is 17.2. The highest BCUT2D eigenvalue weighted by atomic mass is 32.2. The molecule has 3 rings (SSSR count).